The van der Waals surface area contributed by atoms with Crippen molar-refractivity contribution in [3.8, 4) is 11.4 Å². The zero-order valence-corrected chi connectivity index (χ0v) is 15.8. The molecule has 0 saturated heterocycles. The van der Waals surface area contributed by atoms with Gasteiger partial charge in [0.05, 0.1) is 28.9 Å². The number of ether oxygens (including phenoxy) is 1. The van der Waals surface area contributed by atoms with Gasteiger partial charge >= 0.3 is 0 Å². The fourth-order valence-electron chi connectivity index (χ4n) is 2.46. The van der Waals surface area contributed by atoms with Gasteiger partial charge in [0.25, 0.3) is 5.91 Å². The molecule has 1 N–H and O–H groups in total. The van der Waals surface area contributed by atoms with Gasteiger partial charge in [0.1, 0.15) is 5.75 Å². The highest BCUT2D eigenvalue weighted by Gasteiger charge is 2.15. The van der Waals surface area contributed by atoms with Crippen molar-refractivity contribution < 1.29 is 9.53 Å². The number of amides is 1. The molecule has 0 aliphatic carbocycles. The SMILES string of the molecule is COc1ccc(-n2ccc(C(=O)NC(C)c3ccc(Cl)c(Cl)c3)n2)cc1. The summed E-state index contributed by atoms with van der Waals surface area (Å²) in [7, 11) is 1.61. The fourth-order valence-corrected chi connectivity index (χ4v) is 2.77. The number of methoxy groups -OCH3 is 1. The molecule has 0 fully saturated rings. The molecule has 0 aliphatic rings. The van der Waals surface area contributed by atoms with Crippen molar-refractivity contribution in [3.63, 3.8) is 0 Å². The van der Waals surface area contributed by atoms with Gasteiger partial charge in [0.2, 0.25) is 0 Å². The Labute approximate surface area is 161 Å². The average Bonchev–Trinajstić information content (AvgIpc) is 3.14. The van der Waals surface area contributed by atoms with Crippen LogP contribution in [0, 0.1) is 0 Å². The number of carbonyl (C=O) groups excluding carboxylic acids is 1. The minimum atomic E-state index is -0.268. The third-order valence-corrected chi connectivity index (χ3v) is 4.69. The molecule has 1 aromatic heterocycles. The van der Waals surface area contributed by atoms with Crippen LogP contribution in [0.4, 0.5) is 0 Å². The number of carbonyl (C=O) groups is 1. The Bertz CT molecular complexity index is 923. The Hall–Kier alpha value is -2.50. The second kappa shape index (κ2) is 7.81. The zero-order chi connectivity index (χ0) is 18.7. The van der Waals surface area contributed by atoms with Gasteiger partial charge in [-0.3, -0.25) is 4.79 Å². The summed E-state index contributed by atoms with van der Waals surface area (Å²) < 4.78 is 6.78. The molecule has 1 heterocycles. The van der Waals surface area contributed by atoms with Crippen LogP contribution in [0.1, 0.15) is 29.0 Å². The summed E-state index contributed by atoms with van der Waals surface area (Å²) in [5, 5.41) is 8.17. The van der Waals surface area contributed by atoms with E-state index in [0.29, 0.717) is 15.7 Å². The summed E-state index contributed by atoms with van der Waals surface area (Å²) >= 11 is 12.0. The summed E-state index contributed by atoms with van der Waals surface area (Å²) in [6.45, 7) is 1.87. The maximum atomic E-state index is 12.5. The minimum Gasteiger partial charge on any atom is -0.497 e. The van der Waals surface area contributed by atoms with Crippen molar-refractivity contribution >= 4 is 29.1 Å². The molecule has 1 unspecified atom stereocenters. The van der Waals surface area contributed by atoms with Crippen LogP contribution in [-0.2, 0) is 0 Å². The molecule has 0 bridgehead atoms. The molecular formula is C19H17Cl2N3O2. The van der Waals surface area contributed by atoms with Crippen molar-refractivity contribution in [2.24, 2.45) is 0 Å². The van der Waals surface area contributed by atoms with Crippen molar-refractivity contribution in [3.05, 3.63) is 76.0 Å². The van der Waals surface area contributed by atoms with Gasteiger partial charge in [-0.2, -0.15) is 5.10 Å². The van der Waals surface area contributed by atoms with Crippen LogP contribution in [0.5, 0.6) is 5.75 Å². The van der Waals surface area contributed by atoms with E-state index in [2.05, 4.69) is 10.4 Å². The Morgan fingerprint density at radius 3 is 2.50 bits per heavy atom. The van der Waals surface area contributed by atoms with Crippen LogP contribution in [-0.4, -0.2) is 22.8 Å². The van der Waals surface area contributed by atoms with E-state index >= 15 is 0 Å². The molecule has 5 nitrogen and oxygen atoms in total. The normalized spacial score (nSPS) is 11.8. The van der Waals surface area contributed by atoms with E-state index < -0.39 is 0 Å². The molecule has 0 saturated carbocycles. The van der Waals surface area contributed by atoms with Gasteiger partial charge in [0.15, 0.2) is 5.69 Å². The first-order valence-electron chi connectivity index (χ1n) is 7.94. The topological polar surface area (TPSA) is 56.1 Å². The van der Waals surface area contributed by atoms with Gasteiger partial charge in [-0.25, -0.2) is 4.68 Å². The second-order valence-electron chi connectivity index (χ2n) is 5.71. The summed E-state index contributed by atoms with van der Waals surface area (Å²) in [5.74, 6) is 0.491. The standard InChI is InChI=1S/C19H17Cl2N3O2/c1-12(13-3-8-16(20)17(21)11-13)22-19(25)18-9-10-24(23-18)14-4-6-15(26-2)7-5-14/h3-12H,1-2H3,(H,22,25). The number of benzene rings is 2. The number of hydrogen-bond donors (Lipinski definition) is 1. The molecule has 0 aliphatic heterocycles. The molecule has 1 amide bonds. The summed E-state index contributed by atoms with van der Waals surface area (Å²) in [4.78, 5) is 12.5. The second-order valence-corrected chi connectivity index (χ2v) is 6.53. The van der Waals surface area contributed by atoms with E-state index in [-0.39, 0.29) is 11.9 Å². The third kappa shape index (κ3) is 4.00. The van der Waals surface area contributed by atoms with Crippen molar-refractivity contribution in [2.75, 3.05) is 7.11 Å². The van der Waals surface area contributed by atoms with Crippen LogP contribution in [0.15, 0.2) is 54.7 Å². The van der Waals surface area contributed by atoms with Gasteiger partial charge in [-0.05, 0) is 55.0 Å². The number of halogens is 2. The van der Waals surface area contributed by atoms with Crippen LogP contribution in [0.25, 0.3) is 5.69 Å². The number of rotatable bonds is 5. The molecule has 3 aromatic rings. The van der Waals surface area contributed by atoms with E-state index in [1.54, 1.807) is 36.2 Å². The summed E-state index contributed by atoms with van der Waals surface area (Å²) in [6.07, 6.45) is 1.74. The third-order valence-electron chi connectivity index (χ3n) is 3.95. The maximum absolute atomic E-state index is 12.5. The first-order valence-corrected chi connectivity index (χ1v) is 8.69. The lowest BCUT2D eigenvalue weighted by molar-refractivity contribution is 0.0934. The fraction of sp³-hybridized carbons (Fsp3) is 0.158. The predicted octanol–water partition coefficient (Wildman–Crippen LogP) is 4.68. The van der Waals surface area contributed by atoms with E-state index in [0.717, 1.165) is 17.0 Å². The van der Waals surface area contributed by atoms with Gasteiger partial charge in [-0.1, -0.05) is 29.3 Å². The first-order chi connectivity index (χ1) is 12.5. The highest BCUT2D eigenvalue weighted by molar-refractivity contribution is 6.42. The Morgan fingerprint density at radius 1 is 1.12 bits per heavy atom. The summed E-state index contributed by atoms with van der Waals surface area (Å²) in [5.41, 5.74) is 2.03. The highest BCUT2D eigenvalue weighted by Crippen LogP contribution is 2.25. The lowest BCUT2D eigenvalue weighted by atomic mass is 10.1. The Morgan fingerprint density at radius 2 is 1.85 bits per heavy atom. The first kappa shape index (κ1) is 18.3. The van der Waals surface area contributed by atoms with Gasteiger partial charge in [-0.15, -0.1) is 0 Å². The average molecular weight is 390 g/mol. The number of hydrogen-bond acceptors (Lipinski definition) is 3. The molecule has 2 aromatic carbocycles. The van der Waals surface area contributed by atoms with E-state index in [4.69, 9.17) is 27.9 Å². The van der Waals surface area contributed by atoms with Crippen LogP contribution < -0.4 is 10.1 Å². The quantitative estimate of drug-likeness (QED) is 0.688. The minimum absolute atomic E-state index is 0.233. The predicted molar refractivity (Wildman–Crippen MR) is 102 cm³/mol. The Kier molecular flexibility index (Phi) is 5.49. The number of nitrogens with zero attached hydrogens (tertiary/aromatic N) is 2. The van der Waals surface area contributed by atoms with Crippen LogP contribution >= 0.6 is 23.2 Å². The van der Waals surface area contributed by atoms with E-state index in [1.807, 2.05) is 37.3 Å². The molecule has 134 valence electrons. The van der Waals surface area contributed by atoms with Gasteiger partial charge < -0.3 is 10.1 Å². The number of nitrogens with one attached hydrogen (secondary N) is 1. The maximum Gasteiger partial charge on any atom is 0.272 e. The smallest absolute Gasteiger partial charge is 0.272 e. The summed E-state index contributed by atoms with van der Waals surface area (Å²) in [6, 6.07) is 14.1. The molecule has 7 heteroatoms. The lowest BCUT2D eigenvalue weighted by Crippen LogP contribution is -2.27. The molecule has 1 atom stereocenters. The Balaban J connectivity index is 1.71. The van der Waals surface area contributed by atoms with Gasteiger partial charge in [0, 0.05) is 6.20 Å². The largest absolute Gasteiger partial charge is 0.497 e. The number of aromatic nitrogens is 2. The highest BCUT2D eigenvalue weighted by atomic mass is 35.5. The van der Waals surface area contributed by atoms with E-state index in [9.17, 15) is 4.79 Å². The van der Waals surface area contributed by atoms with Crippen LogP contribution in [0.2, 0.25) is 10.0 Å². The lowest BCUT2D eigenvalue weighted by Gasteiger charge is -2.14. The molecule has 26 heavy (non-hydrogen) atoms. The van der Waals surface area contributed by atoms with Crippen LogP contribution in [0.3, 0.4) is 0 Å². The van der Waals surface area contributed by atoms with E-state index in [1.165, 1.54) is 0 Å². The zero-order valence-electron chi connectivity index (χ0n) is 14.2. The molecule has 0 spiro atoms. The molecule has 0 radical (unpaired) electrons. The molecule has 3 rings (SSSR count). The monoisotopic (exact) mass is 389 g/mol. The molecular weight excluding hydrogens is 373 g/mol. The van der Waals surface area contributed by atoms with Crippen molar-refractivity contribution in [1.29, 1.82) is 0 Å². The van der Waals surface area contributed by atoms with Crippen molar-refractivity contribution in [2.45, 2.75) is 13.0 Å². The van der Waals surface area contributed by atoms with Crippen molar-refractivity contribution in [1.82, 2.24) is 15.1 Å².